The maximum absolute atomic E-state index is 6.18. The molecule has 120 valence electrons. The molecule has 1 saturated carbocycles. The van der Waals surface area contributed by atoms with Crippen molar-refractivity contribution in [3.05, 3.63) is 21.9 Å². The Labute approximate surface area is 134 Å². The quantitative estimate of drug-likeness (QED) is 0.767. The highest BCUT2D eigenvalue weighted by Crippen LogP contribution is 2.31. The summed E-state index contributed by atoms with van der Waals surface area (Å²) in [6.45, 7) is 5.18. The van der Waals surface area contributed by atoms with Crippen LogP contribution in [-0.2, 0) is 17.6 Å². The summed E-state index contributed by atoms with van der Waals surface area (Å²) in [6, 6.07) is 5.03. The molecule has 0 spiro atoms. The zero-order chi connectivity index (χ0) is 15.1. The zero-order valence-corrected chi connectivity index (χ0v) is 14.7. The van der Waals surface area contributed by atoms with Gasteiger partial charge >= 0.3 is 0 Å². The molecule has 0 amide bonds. The van der Waals surface area contributed by atoms with Gasteiger partial charge in [0.05, 0.1) is 6.10 Å². The van der Waals surface area contributed by atoms with Crippen molar-refractivity contribution in [2.45, 2.75) is 70.9 Å². The summed E-state index contributed by atoms with van der Waals surface area (Å²) < 4.78 is 6.18. The Morgan fingerprint density at radius 2 is 1.90 bits per heavy atom. The Morgan fingerprint density at radius 1 is 1.19 bits per heavy atom. The van der Waals surface area contributed by atoms with Crippen molar-refractivity contribution in [1.82, 2.24) is 5.32 Å². The Kier molecular flexibility index (Phi) is 7.21. The van der Waals surface area contributed by atoms with Gasteiger partial charge in [-0.3, -0.25) is 0 Å². The fourth-order valence-corrected chi connectivity index (χ4v) is 4.57. The van der Waals surface area contributed by atoms with Gasteiger partial charge in [-0.05, 0) is 57.7 Å². The summed E-state index contributed by atoms with van der Waals surface area (Å²) in [4.78, 5) is 2.98. The van der Waals surface area contributed by atoms with Crippen molar-refractivity contribution in [2.75, 3.05) is 13.7 Å². The highest BCUT2D eigenvalue weighted by atomic mass is 32.1. The summed E-state index contributed by atoms with van der Waals surface area (Å²) in [5, 5.41) is 3.54. The van der Waals surface area contributed by atoms with Crippen LogP contribution in [0.4, 0.5) is 0 Å². The fraction of sp³-hybridized carbons (Fsp3) is 0.778. The lowest BCUT2D eigenvalue weighted by Crippen LogP contribution is -2.46. The average molecular weight is 310 g/mol. The van der Waals surface area contributed by atoms with E-state index >= 15 is 0 Å². The van der Waals surface area contributed by atoms with Crippen LogP contribution in [0.15, 0.2) is 12.1 Å². The monoisotopic (exact) mass is 309 g/mol. The van der Waals surface area contributed by atoms with E-state index in [4.69, 9.17) is 4.74 Å². The normalized spacial score (nSPS) is 19.6. The van der Waals surface area contributed by atoms with E-state index in [0.717, 1.165) is 25.4 Å². The van der Waals surface area contributed by atoms with Crippen molar-refractivity contribution < 1.29 is 4.74 Å². The second kappa shape index (κ2) is 8.92. The molecule has 0 aromatic carbocycles. The van der Waals surface area contributed by atoms with Crippen LogP contribution in [0.5, 0.6) is 0 Å². The van der Waals surface area contributed by atoms with Gasteiger partial charge in [0, 0.05) is 22.4 Å². The Hall–Kier alpha value is -0.380. The van der Waals surface area contributed by atoms with Gasteiger partial charge in [-0.1, -0.05) is 26.2 Å². The highest BCUT2D eigenvalue weighted by molar-refractivity contribution is 7.11. The number of aryl methyl sites for hydroxylation is 1. The molecule has 1 N–H and O–H groups in total. The maximum Gasteiger partial charge on any atom is 0.0759 e. The van der Waals surface area contributed by atoms with E-state index in [2.05, 4.69) is 38.3 Å². The smallest absolute Gasteiger partial charge is 0.0759 e. The third kappa shape index (κ3) is 4.80. The molecule has 2 unspecified atom stereocenters. The molecule has 2 nitrogen and oxygen atoms in total. The van der Waals surface area contributed by atoms with E-state index in [-0.39, 0.29) is 0 Å². The van der Waals surface area contributed by atoms with Gasteiger partial charge in [0.1, 0.15) is 0 Å². The molecule has 0 aliphatic heterocycles. The van der Waals surface area contributed by atoms with E-state index in [0.29, 0.717) is 12.1 Å². The van der Waals surface area contributed by atoms with Crippen molar-refractivity contribution >= 4 is 11.3 Å². The molecule has 0 bridgehead atoms. The van der Waals surface area contributed by atoms with Crippen LogP contribution in [0.2, 0.25) is 0 Å². The summed E-state index contributed by atoms with van der Waals surface area (Å²) in [6.07, 6.45) is 9.46. The van der Waals surface area contributed by atoms with Gasteiger partial charge in [0.2, 0.25) is 0 Å². The lowest BCUT2D eigenvalue weighted by atomic mass is 9.81. The second-order valence-corrected chi connectivity index (χ2v) is 7.39. The molecule has 1 aliphatic rings. The number of ether oxygens (including phenoxy) is 1. The lowest BCUT2D eigenvalue weighted by molar-refractivity contribution is -0.0157. The topological polar surface area (TPSA) is 21.3 Å². The number of rotatable bonds is 8. The average Bonchev–Trinajstić information content (AvgIpc) is 2.99. The number of thiophene rings is 1. The summed E-state index contributed by atoms with van der Waals surface area (Å²) in [5.74, 6) is 0.738. The molecule has 0 radical (unpaired) electrons. The lowest BCUT2D eigenvalue weighted by Gasteiger charge is -2.35. The largest absolute Gasteiger partial charge is 0.377 e. The molecule has 0 saturated heterocycles. The van der Waals surface area contributed by atoms with E-state index in [1.807, 2.05) is 11.3 Å². The summed E-state index contributed by atoms with van der Waals surface area (Å²) in [5.41, 5.74) is 0. The Bertz CT molecular complexity index is 398. The molecule has 1 heterocycles. The van der Waals surface area contributed by atoms with Crippen molar-refractivity contribution in [3.63, 3.8) is 0 Å². The number of hydrogen-bond donors (Lipinski definition) is 1. The van der Waals surface area contributed by atoms with Crippen LogP contribution in [0.1, 0.15) is 55.7 Å². The second-order valence-electron chi connectivity index (χ2n) is 6.14. The van der Waals surface area contributed by atoms with E-state index in [1.54, 1.807) is 0 Å². The Balaban J connectivity index is 2.03. The molecule has 1 fully saturated rings. The SMILES string of the molecule is CCOC(C1CCCCC1)C(Cc1ccc(CC)s1)NC. The van der Waals surface area contributed by atoms with Crippen molar-refractivity contribution in [2.24, 2.45) is 5.92 Å². The number of hydrogen-bond acceptors (Lipinski definition) is 3. The van der Waals surface area contributed by atoms with Gasteiger partial charge in [0.25, 0.3) is 0 Å². The van der Waals surface area contributed by atoms with Gasteiger partial charge in [-0.2, -0.15) is 0 Å². The summed E-state index contributed by atoms with van der Waals surface area (Å²) in [7, 11) is 2.09. The molecule has 1 aromatic rings. The van der Waals surface area contributed by atoms with Gasteiger partial charge in [-0.25, -0.2) is 0 Å². The molecule has 2 rings (SSSR count). The van der Waals surface area contributed by atoms with Gasteiger partial charge in [-0.15, -0.1) is 11.3 Å². The first-order chi connectivity index (χ1) is 10.3. The van der Waals surface area contributed by atoms with Crippen molar-refractivity contribution in [1.29, 1.82) is 0 Å². The third-order valence-electron chi connectivity index (χ3n) is 4.73. The molecule has 3 heteroatoms. The molecule has 2 atom stereocenters. The van der Waals surface area contributed by atoms with E-state index < -0.39 is 0 Å². The van der Waals surface area contributed by atoms with Crippen molar-refractivity contribution in [3.8, 4) is 0 Å². The first-order valence-corrected chi connectivity index (χ1v) is 9.46. The Morgan fingerprint density at radius 3 is 2.48 bits per heavy atom. The minimum absolute atomic E-state index is 0.368. The maximum atomic E-state index is 6.18. The minimum atomic E-state index is 0.368. The van der Waals surface area contributed by atoms with Gasteiger partial charge in [0.15, 0.2) is 0 Å². The summed E-state index contributed by atoms with van der Waals surface area (Å²) >= 11 is 1.96. The number of nitrogens with one attached hydrogen (secondary N) is 1. The zero-order valence-electron chi connectivity index (χ0n) is 13.9. The molecule has 1 aromatic heterocycles. The number of likely N-dealkylation sites (N-methyl/N-ethyl adjacent to an activating group) is 1. The standard InChI is InChI=1S/C18H31NOS/c1-4-15-11-12-16(21-15)13-17(19-3)18(20-5-2)14-9-7-6-8-10-14/h11-12,14,17-19H,4-10,13H2,1-3H3. The molecular weight excluding hydrogens is 278 g/mol. The molecular formula is C18H31NOS. The van der Waals surface area contributed by atoms with E-state index in [1.165, 1.54) is 41.9 Å². The van der Waals surface area contributed by atoms with Crippen LogP contribution in [-0.4, -0.2) is 25.8 Å². The van der Waals surface area contributed by atoms with Crippen LogP contribution in [0, 0.1) is 5.92 Å². The predicted molar refractivity (Wildman–Crippen MR) is 92.2 cm³/mol. The minimum Gasteiger partial charge on any atom is -0.377 e. The van der Waals surface area contributed by atoms with Crippen LogP contribution >= 0.6 is 11.3 Å². The van der Waals surface area contributed by atoms with Crippen LogP contribution in [0.3, 0.4) is 0 Å². The highest BCUT2D eigenvalue weighted by Gasteiger charge is 2.30. The first kappa shape index (κ1) is 17.0. The van der Waals surface area contributed by atoms with Crippen LogP contribution in [0.25, 0.3) is 0 Å². The first-order valence-electron chi connectivity index (χ1n) is 8.64. The molecule has 21 heavy (non-hydrogen) atoms. The third-order valence-corrected chi connectivity index (χ3v) is 5.98. The van der Waals surface area contributed by atoms with Gasteiger partial charge < -0.3 is 10.1 Å². The fourth-order valence-electron chi connectivity index (χ4n) is 3.56. The van der Waals surface area contributed by atoms with Crippen LogP contribution < -0.4 is 5.32 Å². The predicted octanol–water partition coefficient (Wildman–Crippen LogP) is 4.43. The van der Waals surface area contributed by atoms with E-state index in [9.17, 15) is 0 Å². The molecule has 1 aliphatic carbocycles.